The first-order valence-electron chi connectivity index (χ1n) is 5.53. The highest BCUT2D eigenvalue weighted by atomic mass is 16.5. The van der Waals surface area contributed by atoms with E-state index in [1.165, 1.54) is 20.2 Å². The van der Waals surface area contributed by atoms with Gasteiger partial charge >= 0.3 is 0 Å². The van der Waals surface area contributed by atoms with Crippen molar-refractivity contribution in [3.8, 4) is 5.88 Å². The minimum atomic E-state index is -1.36. The molecule has 1 atom stereocenters. The number of anilines is 1. The summed E-state index contributed by atoms with van der Waals surface area (Å²) in [5.41, 5.74) is -0.802. The number of carbonyl (C=O) groups is 1. The molecule has 1 unspecified atom stereocenters. The molecule has 0 aliphatic carbocycles. The molecular formula is C12H18N2O3. The van der Waals surface area contributed by atoms with Crippen LogP contribution in [0.4, 0.5) is 5.69 Å². The Morgan fingerprint density at radius 3 is 2.94 bits per heavy atom. The monoisotopic (exact) mass is 238 g/mol. The molecule has 0 aliphatic rings. The van der Waals surface area contributed by atoms with Gasteiger partial charge in [0.1, 0.15) is 5.60 Å². The molecule has 0 aliphatic heterocycles. The van der Waals surface area contributed by atoms with Crippen LogP contribution < -0.4 is 10.1 Å². The Morgan fingerprint density at radius 2 is 2.35 bits per heavy atom. The third-order valence-electron chi connectivity index (χ3n) is 2.43. The Labute approximate surface area is 101 Å². The second-order valence-corrected chi connectivity index (χ2v) is 4.06. The number of methoxy groups -OCH3 is 1. The Bertz CT molecular complexity index is 391. The van der Waals surface area contributed by atoms with Crippen LogP contribution in [0.15, 0.2) is 18.3 Å². The van der Waals surface area contributed by atoms with Gasteiger partial charge in [-0.1, -0.05) is 13.3 Å². The number of aromatic nitrogens is 1. The zero-order chi connectivity index (χ0) is 12.9. The average molecular weight is 238 g/mol. The van der Waals surface area contributed by atoms with E-state index in [9.17, 15) is 9.90 Å². The molecule has 0 radical (unpaired) electrons. The van der Waals surface area contributed by atoms with Crippen molar-refractivity contribution >= 4 is 11.6 Å². The molecule has 1 aromatic rings. The first kappa shape index (κ1) is 13.4. The summed E-state index contributed by atoms with van der Waals surface area (Å²) in [4.78, 5) is 15.7. The predicted octanol–water partition coefficient (Wildman–Crippen LogP) is 1.58. The molecule has 0 spiro atoms. The smallest absolute Gasteiger partial charge is 0.256 e. The van der Waals surface area contributed by atoms with Crippen LogP contribution >= 0.6 is 0 Å². The van der Waals surface area contributed by atoms with E-state index < -0.39 is 11.5 Å². The summed E-state index contributed by atoms with van der Waals surface area (Å²) in [6, 6.07) is 3.24. The quantitative estimate of drug-likeness (QED) is 0.817. The molecule has 1 aromatic heterocycles. The van der Waals surface area contributed by atoms with Crippen LogP contribution in [0.1, 0.15) is 26.7 Å². The zero-order valence-corrected chi connectivity index (χ0v) is 10.4. The normalized spacial score (nSPS) is 13.9. The van der Waals surface area contributed by atoms with Gasteiger partial charge in [-0.3, -0.25) is 4.79 Å². The van der Waals surface area contributed by atoms with Crippen molar-refractivity contribution in [1.82, 2.24) is 4.98 Å². The zero-order valence-electron chi connectivity index (χ0n) is 10.4. The maximum Gasteiger partial charge on any atom is 0.256 e. The van der Waals surface area contributed by atoms with Gasteiger partial charge in [0.05, 0.1) is 7.11 Å². The predicted molar refractivity (Wildman–Crippen MR) is 65.0 cm³/mol. The fourth-order valence-electron chi connectivity index (χ4n) is 1.46. The van der Waals surface area contributed by atoms with Gasteiger partial charge in [0.25, 0.3) is 5.91 Å². The summed E-state index contributed by atoms with van der Waals surface area (Å²) in [6.45, 7) is 3.42. The van der Waals surface area contributed by atoms with Gasteiger partial charge in [0.15, 0.2) is 0 Å². The summed E-state index contributed by atoms with van der Waals surface area (Å²) in [5, 5.41) is 12.5. The first-order chi connectivity index (χ1) is 7.99. The van der Waals surface area contributed by atoms with Gasteiger partial charge in [-0.05, 0) is 19.4 Å². The molecule has 0 aromatic carbocycles. The largest absolute Gasteiger partial charge is 0.481 e. The van der Waals surface area contributed by atoms with E-state index in [1.54, 1.807) is 12.1 Å². The number of hydrogen-bond acceptors (Lipinski definition) is 4. The number of pyridine rings is 1. The molecule has 1 rings (SSSR count). The highest BCUT2D eigenvalue weighted by molar-refractivity contribution is 5.96. The maximum atomic E-state index is 11.8. The molecule has 0 saturated heterocycles. The Morgan fingerprint density at radius 1 is 1.65 bits per heavy atom. The maximum absolute atomic E-state index is 11.8. The van der Waals surface area contributed by atoms with Crippen molar-refractivity contribution < 1.29 is 14.6 Å². The molecule has 0 fully saturated rings. The van der Waals surface area contributed by atoms with Crippen molar-refractivity contribution in [2.45, 2.75) is 32.3 Å². The molecule has 0 bridgehead atoms. The van der Waals surface area contributed by atoms with Crippen LogP contribution in [0, 0.1) is 0 Å². The Hall–Kier alpha value is -1.62. The molecule has 94 valence electrons. The lowest BCUT2D eigenvalue weighted by Crippen LogP contribution is -2.39. The SMILES string of the molecule is CCCC(C)(O)C(=O)Nc1ccnc(OC)c1. The van der Waals surface area contributed by atoms with E-state index in [1.807, 2.05) is 6.92 Å². The van der Waals surface area contributed by atoms with Gasteiger partial charge in [-0.2, -0.15) is 0 Å². The van der Waals surface area contributed by atoms with E-state index in [-0.39, 0.29) is 0 Å². The first-order valence-corrected chi connectivity index (χ1v) is 5.53. The fraction of sp³-hybridized carbons (Fsp3) is 0.500. The number of hydrogen-bond donors (Lipinski definition) is 2. The van der Waals surface area contributed by atoms with E-state index in [2.05, 4.69) is 10.3 Å². The second-order valence-electron chi connectivity index (χ2n) is 4.06. The second kappa shape index (κ2) is 5.63. The summed E-state index contributed by atoms with van der Waals surface area (Å²) < 4.78 is 4.94. The number of amides is 1. The minimum Gasteiger partial charge on any atom is -0.481 e. The van der Waals surface area contributed by atoms with Crippen molar-refractivity contribution in [3.05, 3.63) is 18.3 Å². The van der Waals surface area contributed by atoms with Crippen LogP contribution in [0.25, 0.3) is 0 Å². The number of nitrogens with zero attached hydrogens (tertiary/aromatic N) is 1. The van der Waals surface area contributed by atoms with Gasteiger partial charge in [-0.25, -0.2) is 4.98 Å². The molecule has 1 amide bonds. The van der Waals surface area contributed by atoms with Crippen LogP contribution in [0.2, 0.25) is 0 Å². The standard InChI is InChI=1S/C12H18N2O3/c1-4-6-12(2,16)11(15)14-9-5-7-13-10(8-9)17-3/h5,7-8,16H,4,6H2,1-3H3,(H,13,14,15). The van der Waals surface area contributed by atoms with Crippen LogP contribution in [-0.4, -0.2) is 28.7 Å². The van der Waals surface area contributed by atoms with Crippen LogP contribution in [-0.2, 0) is 4.79 Å². The van der Waals surface area contributed by atoms with E-state index >= 15 is 0 Å². The van der Waals surface area contributed by atoms with Crippen LogP contribution in [0.3, 0.4) is 0 Å². The fourth-order valence-corrected chi connectivity index (χ4v) is 1.46. The Kier molecular flexibility index (Phi) is 4.45. The van der Waals surface area contributed by atoms with E-state index in [0.29, 0.717) is 18.0 Å². The van der Waals surface area contributed by atoms with Crippen molar-refractivity contribution in [1.29, 1.82) is 0 Å². The lowest BCUT2D eigenvalue weighted by Gasteiger charge is -2.21. The molecule has 0 saturated carbocycles. The highest BCUT2D eigenvalue weighted by Crippen LogP contribution is 2.18. The van der Waals surface area contributed by atoms with E-state index in [0.717, 1.165) is 6.42 Å². The third-order valence-corrected chi connectivity index (χ3v) is 2.43. The molecule has 2 N–H and O–H groups in total. The Balaban J connectivity index is 2.73. The molecule has 17 heavy (non-hydrogen) atoms. The average Bonchev–Trinajstić information content (AvgIpc) is 2.29. The number of rotatable bonds is 5. The minimum absolute atomic E-state index is 0.415. The lowest BCUT2D eigenvalue weighted by molar-refractivity contribution is -0.133. The molecule has 1 heterocycles. The number of nitrogens with one attached hydrogen (secondary N) is 1. The number of aliphatic hydroxyl groups is 1. The topological polar surface area (TPSA) is 71.5 Å². The summed E-state index contributed by atoms with van der Waals surface area (Å²) >= 11 is 0. The van der Waals surface area contributed by atoms with E-state index in [4.69, 9.17) is 4.74 Å². The van der Waals surface area contributed by atoms with Crippen molar-refractivity contribution in [2.24, 2.45) is 0 Å². The van der Waals surface area contributed by atoms with Gasteiger partial charge in [0.2, 0.25) is 5.88 Å². The highest BCUT2D eigenvalue weighted by Gasteiger charge is 2.29. The van der Waals surface area contributed by atoms with Gasteiger partial charge < -0.3 is 15.2 Å². The summed E-state index contributed by atoms with van der Waals surface area (Å²) in [5.74, 6) is -0.00876. The molecule has 5 nitrogen and oxygen atoms in total. The number of carbonyl (C=O) groups excluding carboxylic acids is 1. The summed E-state index contributed by atoms with van der Waals surface area (Å²) in [6.07, 6.45) is 2.68. The molecular weight excluding hydrogens is 220 g/mol. The number of ether oxygens (including phenoxy) is 1. The summed E-state index contributed by atoms with van der Waals surface area (Å²) in [7, 11) is 1.50. The van der Waals surface area contributed by atoms with Crippen molar-refractivity contribution in [3.63, 3.8) is 0 Å². The lowest BCUT2D eigenvalue weighted by atomic mass is 10.00. The molecule has 5 heteroatoms. The van der Waals surface area contributed by atoms with Crippen molar-refractivity contribution in [2.75, 3.05) is 12.4 Å². The third kappa shape index (κ3) is 3.71. The van der Waals surface area contributed by atoms with Gasteiger partial charge in [0, 0.05) is 18.0 Å². The van der Waals surface area contributed by atoms with Gasteiger partial charge in [-0.15, -0.1) is 0 Å². The van der Waals surface area contributed by atoms with Crippen LogP contribution in [0.5, 0.6) is 5.88 Å².